The minimum Gasteiger partial charge on any atom is -0.384 e. The summed E-state index contributed by atoms with van der Waals surface area (Å²) in [6, 6.07) is 17.5. The number of fused-ring (bicyclic) bond motifs is 1. The number of aliphatic hydroxyl groups is 1. The summed E-state index contributed by atoms with van der Waals surface area (Å²) in [4.78, 5) is 12.7. The fraction of sp³-hybridized carbons (Fsp3) is 0.190. The molecule has 0 aliphatic heterocycles. The Kier molecular flexibility index (Phi) is 5.21. The van der Waals surface area contributed by atoms with Gasteiger partial charge in [-0.1, -0.05) is 60.7 Å². The van der Waals surface area contributed by atoms with Crippen LogP contribution in [0.2, 0.25) is 0 Å². The second-order valence-electron chi connectivity index (χ2n) is 6.39. The molecule has 3 rings (SSSR count). The van der Waals surface area contributed by atoms with Crippen molar-refractivity contribution in [1.29, 1.82) is 0 Å². The van der Waals surface area contributed by atoms with Crippen molar-refractivity contribution in [3.63, 3.8) is 0 Å². The van der Waals surface area contributed by atoms with E-state index >= 15 is 0 Å². The van der Waals surface area contributed by atoms with Crippen LogP contribution < -0.4 is 5.43 Å². The van der Waals surface area contributed by atoms with Gasteiger partial charge in [0.25, 0.3) is 5.91 Å². The van der Waals surface area contributed by atoms with Crippen LogP contribution in [0, 0.1) is 0 Å². The predicted octanol–water partition coefficient (Wildman–Crippen LogP) is 3.13. The summed E-state index contributed by atoms with van der Waals surface area (Å²) in [5.41, 5.74) is 5.72. The number of carbonyl (C=O) groups is 1. The zero-order chi connectivity index (χ0) is 18.7. The van der Waals surface area contributed by atoms with E-state index in [9.17, 15) is 9.90 Å². The molecular formula is C21H23N3O2. The van der Waals surface area contributed by atoms with E-state index in [4.69, 9.17) is 0 Å². The Hall–Kier alpha value is -2.89. The number of amides is 1. The number of carbonyl (C=O) groups excluding carboxylic acids is 1. The van der Waals surface area contributed by atoms with Crippen molar-refractivity contribution in [1.82, 2.24) is 15.0 Å². The highest BCUT2D eigenvalue weighted by Gasteiger charge is 2.24. The number of hydrogen-bond acceptors (Lipinski definition) is 3. The molecule has 1 atom stereocenters. The van der Waals surface area contributed by atoms with Gasteiger partial charge in [0.1, 0.15) is 11.8 Å². The summed E-state index contributed by atoms with van der Waals surface area (Å²) < 4.78 is 1.82. The monoisotopic (exact) mass is 349 g/mol. The van der Waals surface area contributed by atoms with Gasteiger partial charge in [0.15, 0.2) is 0 Å². The molecule has 0 fully saturated rings. The Morgan fingerprint density at radius 3 is 2.46 bits per heavy atom. The summed E-state index contributed by atoms with van der Waals surface area (Å²) in [6.45, 7) is 0. The van der Waals surface area contributed by atoms with E-state index < -0.39 is 6.10 Å². The maximum atomic E-state index is 12.7. The smallest absolute Gasteiger partial charge is 0.282 e. The van der Waals surface area contributed by atoms with Crippen molar-refractivity contribution in [3.8, 4) is 0 Å². The molecule has 1 amide bonds. The SMILES string of the molecule is CN(C)NC(=O)c1c(C(O)/C=C/c2ccccc2)c2ccccc2n1C. The van der Waals surface area contributed by atoms with Crippen LogP contribution in [0.3, 0.4) is 0 Å². The molecule has 0 spiro atoms. The molecule has 26 heavy (non-hydrogen) atoms. The highest BCUT2D eigenvalue weighted by molar-refractivity contribution is 6.02. The van der Waals surface area contributed by atoms with Crippen LogP contribution in [0.4, 0.5) is 0 Å². The van der Waals surface area contributed by atoms with Crippen molar-refractivity contribution < 1.29 is 9.90 Å². The van der Waals surface area contributed by atoms with Crippen molar-refractivity contribution >= 4 is 22.9 Å². The van der Waals surface area contributed by atoms with E-state index in [0.717, 1.165) is 16.5 Å². The lowest BCUT2D eigenvalue weighted by Gasteiger charge is -2.15. The number of benzene rings is 2. The van der Waals surface area contributed by atoms with E-state index in [1.54, 1.807) is 25.2 Å². The van der Waals surface area contributed by atoms with Gasteiger partial charge < -0.3 is 9.67 Å². The molecule has 3 aromatic rings. The second kappa shape index (κ2) is 7.56. The fourth-order valence-electron chi connectivity index (χ4n) is 3.12. The molecule has 134 valence electrons. The molecule has 5 nitrogen and oxygen atoms in total. The molecule has 1 aromatic heterocycles. The van der Waals surface area contributed by atoms with Gasteiger partial charge in [0.2, 0.25) is 0 Å². The number of aliphatic hydroxyl groups excluding tert-OH is 1. The Labute approximate surface area is 153 Å². The molecule has 0 radical (unpaired) electrons. The predicted molar refractivity (Wildman–Crippen MR) is 105 cm³/mol. The van der Waals surface area contributed by atoms with Gasteiger partial charge in [0.05, 0.1) is 0 Å². The van der Waals surface area contributed by atoms with Crippen molar-refractivity contribution in [2.45, 2.75) is 6.10 Å². The Morgan fingerprint density at radius 1 is 1.12 bits per heavy atom. The average Bonchev–Trinajstić information content (AvgIpc) is 2.93. The van der Waals surface area contributed by atoms with Crippen LogP contribution in [-0.4, -0.2) is 34.7 Å². The molecule has 2 N–H and O–H groups in total. The van der Waals surface area contributed by atoms with Gasteiger partial charge in [-0.25, -0.2) is 5.01 Å². The van der Waals surface area contributed by atoms with Gasteiger partial charge in [-0.2, -0.15) is 0 Å². The van der Waals surface area contributed by atoms with Gasteiger partial charge in [0, 0.05) is 37.6 Å². The van der Waals surface area contributed by atoms with Crippen LogP contribution >= 0.6 is 0 Å². The first kappa shape index (κ1) is 17.9. The zero-order valence-corrected chi connectivity index (χ0v) is 15.2. The largest absolute Gasteiger partial charge is 0.384 e. The van der Waals surface area contributed by atoms with E-state index in [1.165, 1.54) is 0 Å². The third kappa shape index (κ3) is 3.54. The number of nitrogens with zero attached hydrogens (tertiary/aromatic N) is 2. The molecule has 0 saturated carbocycles. The Balaban J connectivity index is 2.08. The number of hydrogen-bond donors (Lipinski definition) is 2. The molecule has 0 aliphatic rings. The maximum Gasteiger partial charge on any atom is 0.282 e. The first-order valence-electron chi connectivity index (χ1n) is 8.46. The number of para-hydroxylation sites is 1. The minimum atomic E-state index is -0.899. The highest BCUT2D eigenvalue weighted by Crippen LogP contribution is 2.31. The minimum absolute atomic E-state index is 0.254. The molecule has 0 bridgehead atoms. The maximum absolute atomic E-state index is 12.7. The molecule has 0 saturated heterocycles. The third-order valence-corrected chi connectivity index (χ3v) is 4.25. The van der Waals surface area contributed by atoms with E-state index in [-0.39, 0.29) is 5.91 Å². The lowest BCUT2D eigenvalue weighted by Crippen LogP contribution is -2.37. The van der Waals surface area contributed by atoms with Crippen molar-refractivity contribution in [3.05, 3.63) is 77.5 Å². The summed E-state index contributed by atoms with van der Waals surface area (Å²) in [5.74, 6) is -0.254. The standard InChI is InChI=1S/C21H23N3O2/c1-23(2)22-21(26)20-19(16-11-7-8-12-17(16)24(20)3)18(25)14-13-15-9-5-4-6-10-15/h4-14,18,25H,1-3H3,(H,22,26)/b14-13+. The van der Waals surface area contributed by atoms with Crippen LogP contribution in [0.1, 0.15) is 27.7 Å². The third-order valence-electron chi connectivity index (χ3n) is 4.25. The molecule has 2 aromatic carbocycles. The Bertz CT molecular complexity index is 943. The van der Waals surface area contributed by atoms with Gasteiger partial charge in [-0.15, -0.1) is 0 Å². The van der Waals surface area contributed by atoms with Crippen LogP contribution in [-0.2, 0) is 7.05 Å². The number of aromatic nitrogens is 1. The first-order chi connectivity index (χ1) is 12.5. The average molecular weight is 349 g/mol. The molecule has 0 aliphatic carbocycles. The van der Waals surface area contributed by atoms with Crippen molar-refractivity contribution in [2.75, 3.05) is 14.1 Å². The van der Waals surface area contributed by atoms with Gasteiger partial charge >= 0.3 is 0 Å². The summed E-state index contributed by atoms with van der Waals surface area (Å²) in [7, 11) is 5.35. The zero-order valence-electron chi connectivity index (χ0n) is 15.2. The summed E-state index contributed by atoms with van der Waals surface area (Å²) in [5, 5.41) is 13.3. The summed E-state index contributed by atoms with van der Waals surface area (Å²) >= 11 is 0. The van der Waals surface area contributed by atoms with E-state index in [1.807, 2.05) is 72.3 Å². The number of nitrogens with one attached hydrogen (secondary N) is 1. The first-order valence-corrected chi connectivity index (χ1v) is 8.46. The highest BCUT2D eigenvalue weighted by atomic mass is 16.3. The summed E-state index contributed by atoms with van der Waals surface area (Å²) in [6.07, 6.45) is 2.67. The van der Waals surface area contributed by atoms with Crippen LogP contribution in [0.15, 0.2) is 60.7 Å². The normalized spacial score (nSPS) is 12.8. The quantitative estimate of drug-likeness (QED) is 0.696. The molecule has 1 heterocycles. The van der Waals surface area contributed by atoms with E-state index in [2.05, 4.69) is 5.43 Å². The van der Waals surface area contributed by atoms with Crippen LogP contribution in [0.5, 0.6) is 0 Å². The van der Waals surface area contributed by atoms with Gasteiger partial charge in [-0.3, -0.25) is 10.2 Å². The number of rotatable bonds is 5. The van der Waals surface area contributed by atoms with E-state index in [0.29, 0.717) is 11.3 Å². The topological polar surface area (TPSA) is 57.5 Å². The molecular weight excluding hydrogens is 326 g/mol. The number of hydrazine groups is 1. The second-order valence-corrected chi connectivity index (χ2v) is 6.39. The fourth-order valence-corrected chi connectivity index (χ4v) is 3.12. The Morgan fingerprint density at radius 2 is 1.77 bits per heavy atom. The molecule has 1 unspecified atom stereocenters. The van der Waals surface area contributed by atoms with Crippen LogP contribution in [0.25, 0.3) is 17.0 Å². The number of aryl methyl sites for hydroxylation is 1. The molecule has 5 heteroatoms. The van der Waals surface area contributed by atoms with Crippen molar-refractivity contribution in [2.24, 2.45) is 7.05 Å². The lowest BCUT2D eigenvalue weighted by molar-refractivity contribution is 0.0843. The van der Waals surface area contributed by atoms with Gasteiger partial charge in [-0.05, 0) is 11.6 Å². The lowest BCUT2D eigenvalue weighted by atomic mass is 10.0.